The summed E-state index contributed by atoms with van der Waals surface area (Å²) in [7, 11) is 1.59. The molecule has 0 aliphatic carbocycles. The Bertz CT molecular complexity index is 465. The lowest BCUT2D eigenvalue weighted by Gasteiger charge is -2.10. The molecule has 1 aromatic heterocycles. The Morgan fingerprint density at radius 2 is 2.47 bits per heavy atom. The van der Waals surface area contributed by atoms with Crippen LogP contribution in [0.15, 0.2) is 28.1 Å². The van der Waals surface area contributed by atoms with Crippen molar-refractivity contribution in [2.24, 2.45) is 0 Å². The first-order valence-corrected chi connectivity index (χ1v) is 7.82. The monoisotopic (exact) mass is 347 g/mol. The minimum Gasteiger partial charge on any atom is -0.383 e. The van der Waals surface area contributed by atoms with E-state index in [0.29, 0.717) is 17.6 Å². The van der Waals surface area contributed by atoms with Crippen molar-refractivity contribution in [3.05, 3.63) is 33.7 Å². The molecule has 1 rings (SSSR count). The summed E-state index contributed by atoms with van der Waals surface area (Å²) < 4.78 is 6.82. The molecule has 0 bridgehead atoms. The standard InChI is InChI=1S/C12H18BrN3O2S/c1-3-7-19-8-4-14-10-9-15-16(5-6-18-2)12(17)11(10)13/h3,9,14H,1,4-8H2,2H3. The van der Waals surface area contributed by atoms with Crippen molar-refractivity contribution in [2.45, 2.75) is 6.54 Å². The molecule has 0 saturated carbocycles. The third kappa shape index (κ3) is 5.38. The second-order valence-corrected chi connectivity index (χ2v) is 5.63. The maximum Gasteiger partial charge on any atom is 0.283 e. The number of nitrogens with one attached hydrogen (secondary N) is 1. The summed E-state index contributed by atoms with van der Waals surface area (Å²) >= 11 is 5.09. The van der Waals surface area contributed by atoms with E-state index in [4.69, 9.17) is 4.74 Å². The van der Waals surface area contributed by atoms with Crippen LogP contribution < -0.4 is 10.9 Å². The molecule has 19 heavy (non-hydrogen) atoms. The van der Waals surface area contributed by atoms with Crippen molar-refractivity contribution < 1.29 is 4.74 Å². The molecule has 0 radical (unpaired) electrons. The highest BCUT2D eigenvalue weighted by Crippen LogP contribution is 2.16. The fraction of sp³-hybridized carbons (Fsp3) is 0.500. The molecule has 0 aliphatic heterocycles. The van der Waals surface area contributed by atoms with E-state index in [1.807, 2.05) is 6.08 Å². The number of halogens is 1. The van der Waals surface area contributed by atoms with E-state index < -0.39 is 0 Å². The number of hydrogen-bond acceptors (Lipinski definition) is 5. The van der Waals surface area contributed by atoms with Gasteiger partial charge in [0.1, 0.15) is 4.47 Å². The van der Waals surface area contributed by atoms with Crippen LogP contribution in [0.3, 0.4) is 0 Å². The summed E-state index contributed by atoms with van der Waals surface area (Å²) in [6.45, 7) is 5.35. The highest BCUT2D eigenvalue weighted by Gasteiger charge is 2.07. The van der Waals surface area contributed by atoms with E-state index in [0.717, 1.165) is 23.7 Å². The van der Waals surface area contributed by atoms with Gasteiger partial charge in [-0.3, -0.25) is 4.79 Å². The summed E-state index contributed by atoms with van der Waals surface area (Å²) in [5.74, 6) is 1.88. The molecular formula is C12H18BrN3O2S. The van der Waals surface area contributed by atoms with E-state index in [1.54, 1.807) is 25.1 Å². The van der Waals surface area contributed by atoms with Crippen molar-refractivity contribution in [1.29, 1.82) is 0 Å². The van der Waals surface area contributed by atoms with Crippen LogP contribution in [-0.4, -0.2) is 41.5 Å². The Balaban J connectivity index is 2.58. The van der Waals surface area contributed by atoms with Crippen LogP contribution in [0.5, 0.6) is 0 Å². The second-order valence-electron chi connectivity index (χ2n) is 3.68. The zero-order valence-corrected chi connectivity index (χ0v) is 13.3. The number of ether oxygens (including phenoxy) is 1. The van der Waals surface area contributed by atoms with Crippen LogP contribution in [0.25, 0.3) is 0 Å². The van der Waals surface area contributed by atoms with Crippen LogP contribution >= 0.6 is 27.7 Å². The van der Waals surface area contributed by atoms with Gasteiger partial charge in [0, 0.05) is 25.2 Å². The Morgan fingerprint density at radius 1 is 1.68 bits per heavy atom. The van der Waals surface area contributed by atoms with Crippen molar-refractivity contribution in [2.75, 3.05) is 37.1 Å². The molecule has 0 aliphatic rings. The number of methoxy groups -OCH3 is 1. The van der Waals surface area contributed by atoms with Gasteiger partial charge in [-0.1, -0.05) is 6.08 Å². The number of hydrogen-bond donors (Lipinski definition) is 1. The zero-order chi connectivity index (χ0) is 14.1. The molecule has 5 nitrogen and oxygen atoms in total. The first-order valence-electron chi connectivity index (χ1n) is 5.87. The lowest BCUT2D eigenvalue weighted by molar-refractivity contribution is 0.181. The summed E-state index contributed by atoms with van der Waals surface area (Å²) in [6.07, 6.45) is 3.53. The van der Waals surface area contributed by atoms with Gasteiger partial charge < -0.3 is 10.1 Å². The minimum atomic E-state index is -0.152. The van der Waals surface area contributed by atoms with Crippen molar-refractivity contribution in [3.63, 3.8) is 0 Å². The molecule has 7 heteroatoms. The van der Waals surface area contributed by atoms with Gasteiger partial charge >= 0.3 is 0 Å². The lowest BCUT2D eigenvalue weighted by Crippen LogP contribution is -2.26. The molecular weight excluding hydrogens is 330 g/mol. The van der Waals surface area contributed by atoms with Crippen LogP contribution in [0.4, 0.5) is 5.69 Å². The number of thioether (sulfide) groups is 1. The van der Waals surface area contributed by atoms with Gasteiger partial charge in [-0.05, 0) is 15.9 Å². The molecule has 0 saturated heterocycles. The van der Waals surface area contributed by atoms with Crippen molar-refractivity contribution in [3.8, 4) is 0 Å². The normalized spacial score (nSPS) is 10.4. The number of rotatable bonds is 9. The smallest absolute Gasteiger partial charge is 0.283 e. The summed E-state index contributed by atoms with van der Waals surface area (Å²) in [5, 5.41) is 7.29. The topological polar surface area (TPSA) is 56.1 Å². The molecule has 0 atom stereocenters. The van der Waals surface area contributed by atoms with Gasteiger partial charge in [-0.25, -0.2) is 4.68 Å². The summed E-state index contributed by atoms with van der Waals surface area (Å²) in [6, 6.07) is 0. The van der Waals surface area contributed by atoms with Gasteiger partial charge in [0.15, 0.2) is 0 Å². The maximum atomic E-state index is 12.0. The predicted octanol–water partition coefficient (Wildman–Crippen LogP) is 1.98. The molecule has 0 unspecified atom stereocenters. The number of anilines is 1. The summed E-state index contributed by atoms with van der Waals surface area (Å²) in [4.78, 5) is 12.0. The van der Waals surface area contributed by atoms with Crippen LogP contribution in [0.2, 0.25) is 0 Å². The van der Waals surface area contributed by atoms with Gasteiger partial charge in [-0.2, -0.15) is 16.9 Å². The second kappa shape index (κ2) is 9.17. The number of nitrogens with zero attached hydrogens (tertiary/aromatic N) is 2. The first kappa shape index (κ1) is 16.3. The third-order valence-corrected chi connectivity index (χ3v) is 4.02. The number of aromatic nitrogens is 2. The third-order valence-electron chi connectivity index (χ3n) is 2.29. The SMILES string of the molecule is C=CCSCCNc1cnn(CCOC)c(=O)c1Br. The quantitative estimate of drug-likeness (QED) is 0.546. The van der Waals surface area contributed by atoms with Crippen LogP contribution in [0, 0.1) is 0 Å². The molecule has 1 aromatic rings. The molecule has 0 fully saturated rings. The average molecular weight is 348 g/mol. The van der Waals surface area contributed by atoms with Gasteiger partial charge in [0.25, 0.3) is 5.56 Å². The molecule has 1 N–H and O–H groups in total. The highest BCUT2D eigenvalue weighted by atomic mass is 79.9. The maximum absolute atomic E-state index is 12.0. The Hall–Kier alpha value is -0.790. The first-order chi connectivity index (χ1) is 9.20. The van der Waals surface area contributed by atoms with E-state index in [-0.39, 0.29) is 5.56 Å². The molecule has 106 valence electrons. The van der Waals surface area contributed by atoms with E-state index in [2.05, 4.69) is 32.9 Å². The van der Waals surface area contributed by atoms with Crippen molar-refractivity contribution >= 4 is 33.4 Å². The molecule has 0 spiro atoms. The lowest BCUT2D eigenvalue weighted by atomic mass is 10.4. The Labute approximate surface area is 125 Å². The highest BCUT2D eigenvalue weighted by molar-refractivity contribution is 9.10. The Morgan fingerprint density at radius 3 is 3.16 bits per heavy atom. The van der Waals surface area contributed by atoms with E-state index in [9.17, 15) is 4.79 Å². The van der Waals surface area contributed by atoms with Gasteiger partial charge in [0.2, 0.25) is 0 Å². The molecule has 0 aromatic carbocycles. The van der Waals surface area contributed by atoms with Gasteiger partial charge in [-0.15, -0.1) is 6.58 Å². The largest absolute Gasteiger partial charge is 0.383 e. The Kier molecular flexibility index (Phi) is 7.85. The average Bonchev–Trinajstić information content (AvgIpc) is 2.42. The fourth-order valence-electron chi connectivity index (χ4n) is 1.35. The summed E-state index contributed by atoms with van der Waals surface area (Å²) in [5.41, 5.74) is 0.568. The van der Waals surface area contributed by atoms with Gasteiger partial charge in [0.05, 0.1) is 25.0 Å². The molecule has 1 heterocycles. The fourth-order valence-corrected chi connectivity index (χ4v) is 2.38. The van der Waals surface area contributed by atoms with Crippen LogP contribution in [0.1, 0.15) is 0 Å². The predicted molar refractivity (Wildman–Crippen MR) is 84.1 cm³/mol. The van der Waals surface area contributed by atoms with E-state index in [1.165, 1.54) is 4.68 Å². The zero-order valence-electron chi connectivity index (χ0n) is 10.9. The minimum absolute atomic E-state index is 0.152. The van der Waals surface area contributed by atoms with Crippen molar-refractivity contribution in [1.82, 2.24) is 9.78 Å². The molecule has 0 amide bonds. The van der Waals surface area contributed by atoms with Crippen LogP contribution in [-0.2, 0) is 11.3 Å². The van der Waals surface area contributed by atoms with E-state index >= 15 is 0 Å².